The summed E-state index contributed by atoms with van der Waals surface area (Å²) in [5.74, 6) is 0.377. The van der Waals surface area contributed by atoms with Crippen LogP contribution in [-0.4, -0.2) is 11.1 Å². The third-order valence-corrected chi connectivity index (χ3v) is 3.86. The molecule has 19 heavy (non-hydrogen) atoms. The van der Waals surface area contributed by atoms with Gasteiger partial charge in [-0.15, -0.1) is 0 Å². The Labute approximate surface area is 114 Å². The molecule has 0 spiro atoms. The van der Waals surface area contributed by atoms with E-state index in [1.165, 1.54) is 23.1 Å². The van der Waals surface area contributed by atoms with Gasteiger partial charge in [0.05, 0.1) is 0 Å². The fraction of sp³-hybridized carbons (Fsp3) is 0.294. The van der Waals surface area contributed by atoms with Gasteiger partial charge in [-0.2, -0.15) is 0 Å². The number of phenols is 1. The molecule has 2 N–H and O–H groups in total. The minimum Gasteiger partial charge on any atom is -0.508 e. The zero-order valence-electron chi connectivity index (χ0n) is 11.0. The maximum Gasteiger partial charge on any atom is 0.115 e. The Morgan fingerprint density at radius 1 is 1.05 bits per heavy atom. The van der Waals surface area contributed by atoms with Crippen LogP contribution in [0.1, 0.15) is 23.1 Å². The van der Waals surface area contributed by atoms with E-state index in [0.29, 0.717) is 11.8 Å². The van der Waals surface area contributed by atoms with E-state index in [-0.39, 0.29) is 0 Å². The third-order valence-electron chi connectivity index (χ3n) is 3.86. The molecule has 0 unspecified atom stereocenters. The second-order valence-electron chi connectivity index (χ2n) is 5.26. The van der Waals surface area contributed by atoms with Gasteiger partial charge in [0.25, 0.3) is 0 Å². The molecule has 0 bridgehead atoms. The topological polar surface area (TPSA) is 32.3 Å². The van der Waals surface area contributed by atoms with E-state index >= 15 is 0 Å². The minimum absolute atomic E-state index is 0.377. The number of aromatic hydroxyl groups is 1. The van der Waals surface area contributed by atoms with Crippen LogP contribution < -0.4 is 5.32 Å². The molecule has 2 aromatic rings. The molecule has 2 aromatic carbocycles. The first-order valence-corrected chi connectivity index (χ1v) is 6.89. The number of benzene rings is 2. The van der Waals surface area contributed by atoms with Crippen molar-refractivity contribution < 1.29 is 5.11 Å². The van der Waals surface area contributed by atoms with E-state index in [0.717, 1.165) is 19.4 Å². The molecule has 2 nitrogen and oxygen atoms in total. The Hall–Kier alpha value is -1.80. The standard InChI is InChI=1S/C17H19NO/c19-17-9-7-14-6-8-16(10-15(14)11-17)18-12-13-4-2-1-3-5-13/h1-5,7,9,11,16,18-19H,6,8,10,12H2/t16-/m1/s1. The molecule has 0 saturated heterocycles. The Morgan fingerprint density at radius 3 is 2.74 bits per heavy atom. The summed E-state index contributed by atoms with van der Waals surface area (Å²) < 4.78 is 0. The molecule has 2 heteroatoms. The number of aryl methyl sites for hydroxylation is 1. The molecule has 0 amide bonds. The van der Waals surface area contributed by atoms with E-state index in [9.17, 15) is 5.11 Å². The largest absolute Gasteiger partial charge is 0.508 e. The second-order valence-corrected chi connectivity index (χ2v) is 5.26. The highest BCUT2D eigenvalue weighted by molar-refractivity contribution is 5.37. The van der Waals surface area contributed by atoms with Gasteiger partial charge in [-0.1, -0.05) is 36.4 Å². The Morgan fingerprint density at radius 2 is 1.89 bits per heavy atom. The maximum atomic E-state index is 9.56. The van der Waals surface area contributed by atoms with Crippen molar-refractivity contribution in [2.75, 3.05) is 0 Å². The lowest BCUT2D eigenvalue weighted by Crippen LogP contribution is -2.34. The second kappa shape index (κ2) is 5.45. The number of nitrogens with one attached hydrogen (secondary N) is 1. The van der Waals surface area contributed by atoms with E-state index < -0.39 is 0 Å². The zero-order valence-corrected chi connectivity index (χ0v) is 11.0. The highest BCUT2D eigenvalue weighted by Crippen LogP contribution is 2.25. The lowest BCUT2D eigenvalue weighted by atomic mass is 9.88. The minimum atomic E-state index is 0.377. The summed E-state index contributed by atoms with van der Waals surface area (Å²) >= 11 is 0. The molecule has 0 aromatic heterocycles. The van der Waals surface area contributed by atoms with Gasteiger partial charge in [0.2, 0.25) is 0 Å². The van der Waals surface area contributed by atoms with Crippen molar-refractivity contribution in [3.8, 4) is 5.75 Å². The fourth-order valence-corrected chi connectivity index (χ4v) is 2.78. The molecule has 1 aliphatic rings. The van der Waals surface area contributed by atoms with Crippen LogP contribution in [0.4, 0.5) is 0 Å². The third kappa shape index (κ3) is 2.96. The molecule has 0 fully saturated rings. The first-order chi connectivity index (χ1) is 9.31. The number of fused-ring (bicyclic) bond motifs is 1. The van der Waals surface area contributed by atoms with Gasteiger partial charge in [-0.25, -0.2) is 0 Å². The van der Waals surface area contributed by atoms with Gasteiger partial charge in [-0.3, -0.25) is 0 Å². The summed E-state index contributed by atoms with van der Waals surface area (Å²) in [5.41, 5.74) is 4.00. The van der Waals surface area contributed by atoms with Crippen molar-refractivity contribution in [2.24, 2.45) is 0 Å². The summed E-state index contributed by atoms with van der Waals surface area (Å²) in [6.45, 7) is 0.916. The Balaban J connectivity index is 1.62. The van der Waals surface area contributed by atoms with Crippen LogP contribution in [0, 0.1) is 0 Å². The van der Waals surface area contributed by atoms with Crippen LogP contribution in [0.25, 0.3) is 0 Å². The summed E-state index contributed by atoms with van der Waals surface area (Å²) in [5, 5.41) is 13.2. The highest BCUT2D eigenvalue weighted by atomic mass is 16.3. The van der Waals surface area contributed by atoms with Crippen molar-refractivity contribution >= 4 is 0 Å². The van der Waals surface area contributed by atoms with Gasteiger partial charge in [0.15, 0.2) is 0 Å². The summed E-state index contributed by atoms with van der Waals surface area (Å²) in [6, 6.07) is 16.7. The van der Waals surface area contributed by atoms with Crippen LogP contribution in [0.5, 0.6) is 5.75 Å². The van der Waals surface area contributed by atoms with Gasteiger partial charge < -0.3 is 10.4 Å². The SMILES string of the molecule is Oc1ccc2c(c1)C[C@H](NCc1ccccc1)CC2. The normalized spacial score (nSPS) is 18.0. The Bertz CT molecular complexity index is 550. The van der Waals surface area contributed by atoms with Gasteiger partial charge in [0.1, 0.15) is 5.75 Å². The predicted molar refractivity (Wildman–Crippen MR) is 77.2 cm³/mol. The van der Waals surface area contributed by atoms with Crippen LogP contribution >= 0.6 is 0 Å². The van der Waals surface area contributed by atoms with E-state index in [2.05, 4.69) is 35.6 Å². The molecule has 0 saturated carbocycles. The number of hydrogen-bond donors (Lipinski definition) is 2. The van der Waals surface area contributed by atoms with Crippen molar-refractivity contribution in [1.82, 2.24) is 5.32 Å². The molecular weight excluding hydrogens is 234 g/mol. The van der Waals surface area contributed by atoms with Gasteiger partial charge in [0, 0.05) is 12.6 Å². The number of hydrogen-bond acceptors (Lipinski definition) is 2. The molecule has 1 aliphatic carbocycles. The monoisotopic (exact) mass is 253 g/mol. The van der Waals surface area contributed by atoms with Crippen LogP contribution in [0.3, 0.4) is 0 Å². The van der Waals surface area contributed by atoms with Crippen molar-refractivity contribution in [1.29, 1.82) is 0 Å². The van der Waals surface area contributed by atoms with Crippen molar-refractivity contribution in [2.45, 2.75) is 31.8 Å². The zero-order chi connectivity index (χ0) is 13.1. The first kappa shape index (κ1) is 12.2. The van der Waals surface area contributed by atoms with Crippen LogP contribution in [0.2, 0.25) is 0 Å². The lowest BCUT2D eigenvalue weighted by molar-refractivity contribution is 0.449. The number of rotatable bonds is 3. The van der Waals surface area contributed by atoms with Gasteiger partial charge in [-0.05, 0) is 48.1 Å². The fourth-order valence-electron chi connectivity index (χ4n) is 2.78. The van der Waals surface area contributed by atoms with Crippen molar-refractivity contribution in [3.63, 3.8) is 0 Å². The van der Waals surface area contributed by atoms with E-state index in [4.69, 9.17) is 0 Å². The lowest BCUT2D eigenvalue weighted by Gasteiger charge is -2.25. The summed E-state index contributed by atoms with van der Waals surface area (Å²) in [7, 11) is 0. The van der Waals surface area contributed by atoms with E-state index in [1.807, 2.05) is 12.1 Å². The maximum absolute atomic E-state index is 9.56. The number of phenolic OH excluding ortho intramolecular Hbond substituents is 1. The molecule has 0 heterocycles. The molecule has 0 aliphatic heterocycles. The molecule has 0 radical (unpaired) electrons. The average Bonchev–Trinajstić information content (AvgIpc) is 2.46. The average molecular weight is 253 g/mol. The Kier molecular flexibility index (Phi) is 3.51. The summed E-state index contributed by atoms with van der Waals surface area (Å²) in [6.07, 6.45) is 3.28. The van der Waals surface area contributed by atoms with Crippen LogP contribution in [0.15, 0.2) is 48.5 Å². The quantitative estimate of drug-likeness (QED) is 0.881. The van der Waals surface area contributed by atoms with Crippen molar-refractivity contribution in [3.05, 3.63) is 65.2 Å². The molecule has 1 atom stereocenters. The smallest absolute Gasteiger partial charge is 0.115 e. The van der Waals surface area contributed by atoms with Crippen LogP contribution in [-0.2, 0) is 19.4 Å². The van der Waals surface area contributed by atoms with E-state index in [1.54, 1.807) is 6.07 Å². The molecule has 3 rings (SSSR count). The first-order valence-electron chi connectivity index (χ1n) is 6.89. The molecular formula is C17H19NO. The van der Waals surface area contributed by atoms with Gasteiger partial charge >= 0.3 is 0 Å². The molecule has 98 valence electrons. The highest BCUT2D eigenvalue weighted by Gasteiger charge is 2.18. The predicted octanol–water partition coefficient (Wildman–Crippen LogP) is 3.04. The summed E-state index contributed by atoms with van der Waals surface area (Å²) in [4.78, 5) is 0.